The molecule has 0 aliphatic heterocycles. The Morgan fingerprint density at radius 3 is 2.90 bits per heavy atom. The molecule has 0 spiro atoms. The molecule has 1 aromatic carbocycles. The molecule has 0 aliphatic rings. The maximum atomic E-state index is 12.1. The first-order valence-electron chi connectivity index (χ1n) is 6.30. The fraction of sp³-hybridized carbons (Fsp3) is 0.214. The van der Waals surface area contributed by atoms with Crippen molar-refractivity contribution in [3.63, 3.8) is 0 Å². The van der Waals surface area contributed by atoms with E-state index in [1.165, 1.54) is 23.5 Å². The number of aromatic carboxylic acids is 1. The number of aromatic nitrogens is 1. The third-order valence-corrected chi connectivity index (χ3v) is 3.37. The first-order valence-corrected chi connectivity index (χ1v) is 7.18. The van der Waals surface area contributed by atoms with E-state index in [1.54, 1.807) is 23.7 Å². The Bertz CT molecular complexity index is 628. The summed E-state index contributed by atoms with van der Waals surface area (Å²) >= 11 is 1.32. The van der Waals surface area contributed by atoms with Gasteiger partial charge in [0.2, 0.25) is 0 Å². The second kappa shape index (κ2) is 6.85. The van der Waals surface area contributed by atoms with Gasteiger partial charge < -0.3 is 9.84 Å². The lowest BCUT2D eigenvalue weighted by Crippen LogP contribution is -2.32. The largest absolute Gasteiger partial charge is 0.481 e. The molecule has 1 unspecified atom stereocenters. The average Bonchev–Trinajstić information content (AvgIpc) is 2.97. The molecule has 0 bridgehead atoms. The predicted octanol–water partition coefficient (Wildman–Crippen LogP) is 2.64. The standard InChI is InChI=1S/C14H14N2O4S/c1-2-11(12(17)16-14-15-6-7-21-14)20-10-5-3-4-9(8-10)13(18)19/h3-8,11H,2H2,1H3,(H,18,19)(H,15,16,17). The van der Waals surface area contributed by atoms with Crippen molar-refractivity contribution in [2.24, 2.45) is 0 Å². The summed E-state index contributed by atoms with van der Waals surface area (Å²) in [6.45, 7) is 1.81. The summed E-state index contributed by atoms with van der Waals surface area (Å²) in [5.74, 6) is -1.01. The zero-order valence-electron chi connectivity index (χ0n) is 11.3. The molecule has 2 aromatic rings. The summed E-state index contributed by atoms with van der Waals surface area (Å²) in [6, 6.07) is 6.05. The summed E-state index contributed by atoms with van der Waals surface area (Å²) in [4.78, 5) is 27.0. The van der Waals surface area contributed by atoms with E-state index in [0.717, 1.165) is 0 Å². The number of carboxylic acids is 1. The third-order valence-electron chi connectivity index (χ3n) is 2.69. The van der Waals surface area contributed by atoms with Gasteiger partial charge in [-0.15, -0.1) is 11.3 Å². The highest BCUT2D eigenvalue weighted by Crippen LogP contribution is 2.18. The SMILES string of the molecule is CCC(Oc1cccc(C(=O)O)c1)C(=O)Nc1nccs1. The zero-order valence-corrected chi connectivity index (χ0v) is 12.1. The summed E-state index contributed by atoms with van der Waals surface area (Å²) in [6.07, 6.45) is 1.34. The van der Waals surface area contributed by atoms with Crippen molar-refractivity contribution in [1.29, 1.82) is 0 Å². The fourth-order valence-corrected chi connectivity index (χ4v) is 2.19. The Hall–Kier alpha value is -2.41. The van der Waals surface area contributed by atoms with Gasteiger partial charge in [-0.3, -0.25) is 10.1 Å². The molecular formula is C14H14N2O4S. The van der Waals surface area contributed by atoms with Crippen LogP contribution in [0.5, 0.6) is 5.75 Å². The lowest BCUT2D eigenvalue weighted by Gasteiger charge is -2.16. The smallest absolute Gasteiger partial charge is 0.335 e. The van der Waals surface area contributed by atoms with Crippen LogP contribution < -0.4 is 10.1 Å². The molecule has 0 saturated carbocycles. The summed E-state index contributed by atoms with van der Waals surface area (Å²) in [5.41, 5.74) is 0.114. The van der Waals surface area contributed by atoms with Crippen molar-refractivity contribution < 1.29 is 19.4 Å². The molecule has 7 heteroatoms. The van der Waals surface area contributed by atoms with Crippen LogP contribution in [0.2, 0.25) is 0 Å². The van der Waals surface area contributed by atoms with Gasteiger partial charge in [-0.05, 0) is 24.6 Å². The quantitative estimate of drug-likeness (QED) is 0.856. The van der Waals surface area contributed by atoms with Gasteiger partial charge in [-0.1, -0.05) is 13.0 Å². The number of ether oxygens (including phenoxy) is 1. The highest BCUT2D eigenvalue weighted by Gasteiger charge is 2.19. The van der Waals surface area contributed by atoms with E-state index in [2.05, 4.69) is 10.3 Å². The van der Waals surface area contributed by atoms with Gasteiger partial charge in [0.25, 0.3) is 5.91 Å². The van der Waals surface area contributed by atoms with E-state index in [1.807, 2.05) is 6.92 Å². The minimum absolute atomic E-state index is 0.114. The van der Waals surface area contributed by atoms with Crippen LogP contribution >= 0.6 is 11.3 Å². The molecule has 6 nitrogen and oxygen atoms in total. The second-order valence-corrected chi connectivity index (χ2v) is 5.07. The summed E-state index contributed by atoms with van der Waals surface area (Å²) in [5, 5.41) is 13.9. The van der Waals surface area contributed by atoms with Gasteiger partial charge in [0.15, 0.2) is 11.2 Å². The highest BCUT2D eigenvalue weighted by molar-refractivity contribution is 7.13. The normalized spacial score (nSPS) is 11.7. The topological polar surface area (TPSA) is 88.5 Å². The van der Waals surface area contributed by atoms with Crippen molar-refractivity contribution in [3.8, 4) is 5.75 Å². The average molecular weight is 306 g/mol. The Balaban J connectivity index is 2.06. The lowest BCUT2D eigenvalue weighted by molar-refractivity contribution is -0.122. The Labute approximate surface area is 125 Å². The van der Waals surface area contributed by atoms with Gasteiger partial charge in [0, 0.05) is 11.6 Å². The molecule has 2 rings (SSSR count). The molecule has 110 valence electrons. The van der Waals surface area contributed by atoms with Crippen molar-refractivity contribution in [3.05, 3.63) is 41.4 Å². The number of amides is 1. The highest BCUT2D eigenvalue weighted by atomic mass is 32.1. The molecule has 2 N–H and O–H groups in total. The van der Waals surface area contributed by atoms with Gasteiger partial charge in [-0.25, -0.2) is 9.78 Å². The van der Waals surface area contributed by atoms with Gasteiger partial charge >= 0.3 is 5.97 Å². The molecule has 0 saturated heterocycles. The van der Waals surface area contributed by atoms with Crippen LogP contribution in [0, 0.1) is 0 Å². The maximum absolute atomic E-state index is 12.1. The zero-order chi connectivity index (χ0) is 15.2. The summed E-state index contributed by atoms with van der Waals surface area (Å²) in [7, 11) is 0. The third kappa shape index (κ3) is 4.03. The molecule has 1 aromatic heterocycles. The molecule has 21 heavy (non-hydrogen) atoms. The monoisotopic (exact) mass is 306 g/mol. The first kappa shape index (κ1) is 15.0. The van der Waals surface area contributed by atoms with Crippen LogP contribution in [-0.2, 0) is 4.79 Å². The number of carbonyl (C=O) groups excluding carboxylic acids is 1. The Morgan fingerprint density at radius 1 is 1.48 bits per heavy atom. The van der Waals surface area contributed by atoms with Crippen molar-refractivity contribution >= 4 is 28.3 Å². The molecule has 0 radical (unpaired) electrons. The number of thiazole rings is 1. The van der Waals surface area contributed by atoms with E-state index < -0.39 is 12.1 Å². The van der Waals surface area contributed by atoms with Gasteiger partial charge in [-0.2, -0.15) is 0 Å². The number of carboxylic acid groups (broad SMARTS) is 1. The van der Waals surface area contributed by atoms with E-state index in [-0.39, 0.29) is 11.5 Å². The Kier molecular flexibility index (Phi) is 4.89. The number of anilines is 1. The second-order valence-electron chi connectivity index (χ2n) is 4.17. The minimum Gasteiger partial charge on any atom is -0.481 e. The number of benzene rings is 1. The molecule has 0 fully saturated rings. The van der Waals surface area contributed by atoms with Crippen LogP contribution in [0.15, 0.2) is 35.8 Å². The van der Waals surface area contributed by atoms with Crippen molar-refractivity contribution in [2.45, 2.75) is 19.4 Å². The maximum Gasteiger partial charge on any atom is 0.335 e. The number of carbonyl (C=O) groups is 2. The lowest BCUT2D eigenvalue weighted by atomic mass is 10.2. The number of rotatable bonds is 6. The Morgan fingerprint density at radius 2 is 2.29 bits per heavy atom. The fourth-order valence-electron chi connectivity index (χ4n) is 1.66. The van der Waals surface area contributed by atoms with Crippen LogP contribution in [0.3, 0.4) is 0 Å². The first-order chi connectivity index (χ1) is 10.1. The van der Waals surface area contributed by atoms with Gasteiger partial charge in [0.05, 0.1) is 5.56 Å². The predicted molar refractivity (Wildman–Crippen MR) is 78.9 cm³/mol. The molecule has 1 amide bonds. The minimum atomic E-state index is -1.04. The van der Waals surface area contributed by atoms with Crippen molar-refractivity contribution in [1.82, 2.24) is 4.98 Å². The van der Waals surface area contributed by atoms with Crippen LogP contribution in [-0.4, -0.2) is 28.1 Å². The molecule has 0 aliphatic carbocycles. The molecule has 1 heterocycles. The number of nitrogens with one attached hydrogen (secondary N) is 1. The van der Waals surface area contributed by atoms with Crippen LogP contribution in [0.4, 0.5) is 5.13 Å². The van der Waals surface area contributed by atoms with E-state index >= 15 is 0 Å². The molecular weight excluding hydrogens is 292 g/mol. The van der Waals surface area contributed by atoms with Crippen molar-refractivity contribution in [2.75, 3.05) is 5.32 Å². The van der Waals surface area contributed by atoms with E-state index in [0.29, 0.717) is 17.3 Å². The van der Waals surface area contributed by atoms with Gasteiger partial charge in [0.1, 0.15) is 5.75 Å². The van der Waals surface area contributed by atoms with E-state index in [9.17, 15) is 9.59 Å². The molecule has 1 atom stereocenters. The number of hydrogen-bond acceptors (Lipinski definition) is 5. The summed E-state index contributed by atoms with van der Waals surface area (Å²) < 4.78 is 5.57. The van der Waals surface area contributed by atoms with Crippen LogP contribution in [0.1, 0.15) is 23.7 Å². The number of hydrogen-bond donors (Lipinski definition) is 2. The number of nitrogens with zero attached hydrogens (tertiary/aromatic N) is 1. The van der Waals surface area contributed by atoms with Crippen LogP contribution in [0.25, 0.3) is 0 Å². The van der Waals surface area contributed by atoms with E-state index in [4.69, 9.17) is 9.84 Å².